The van der Waals surface area contributed by atoms with Crippen LogP contribution in [0.25, 0.3) is 11.1 Å². The van der Waals surface area contributed by atoms with E-state index in [9.17, 15) is 20.1 Å². The molecule has 1 aliphatic rings. The fourth-order valence-electron chi connectivity index (χ4n) is 8.01. The van der Waals surface area contributed by atoms with Gasteiger partial charge in [0.05, 0.1) is 35.5 Å². The van der Waals surface area contributed by atoms with E-state index in [1.165, 1.54) is 6.21 Å². The second kappa shape index (κ2) is 22.5. The Morgan fingerprint density at radius 3 is 1.79 bits per heavy atom. The van der Waals surface area contributed by atoms with E-state index in [2.05, 4.69) is 32.4 Å². The van der Waals surface area contributed by atoms with E-state index >= 15 is 0 Å². The topological polar surface area (TPSA) is 189 Å². The van der Waals surface area contributed by atoms with Crippen molar-refractivity contribution in [3.63, 3.8) is 0 Å². The molecule has 1 aliphatic heterocycles. The van der Waals surface area contributed by atoms with E-state index in [4.69, 9.17) is 47.6 Å². The molecule has 5 N–H and O–H groups in total. The maximum atomic E-state index is 12.7. The molecule has 358 valence electrons. The number of benzene rings is 5. The van der Waals surface area contributed by atoms with E-state index < -0.39 is 18.1 Å². The van der Waals surface area contributed by atoms with Crippen LogP contribution >= 0.6 is 23.2 Å². The van der Waals surface area contributed by atoms with Gasteiger partial charge < -0.3 is 39.7 Å². The molecular formula is C55H51Cl2N5O8. The smallest absolute Gasteiger partial charge is 0.326 e. The van der Waals surface area contributed by atoms with Gasteiger partial charge in [-0.25, -0.2) is 0 Å². The number of aromatic nitrogens is 2. The summed E-state index contributed by atoms with van der Waals surface area (Å²) in [7, 11) is 0. The molecule has 0 fully saturated rings. The van der Waals surface area contributed by atoms with Crippen molar-refractivity contribution in [3.8, 4) is 34.1 Å². The minimum absolute atomic E-state index is 0.00812. The van der Waals surface area contributed by atoms with Crippen molar-refractivity contribution < 1.29 is 39.1 Å². The first kappa shape index (κ1) is 49.3. The first-order valence-electron chi connectivity index (χ1n) is 22.5. The highest BCUT2D eigenvalue weighted by molar-refractivity contribution is 6.32. The van der Waals surface area contributed by atoms with Crippen LogP contribution in [0.3, 0.4) is 0 Å². The van der Waals surface area contributed by atoms with Gasteiger partial charge in [0, 0.05) is 89.5 Å². The number of pyridine rings is 2. The minimum atomic E-state index is -1.69. The number of aliphatic imine (C=N–C) groups is 1. The number of aliphatic carboxylic acids is 1. The summed E-state index contributed by atoms with van der Waals surface area (Å²) in [6, 6.07) is 31.7. The highest BCUT2D eigenvalue weighted by atomic mass is 35.5. The molecule has 5 aromatic carbocycles. The van der Waals surface area contributed by atoms with Crippen molar-refractivity contribution >= 4 is 41.1 Å². The molecule has 15 heteroatoms. The lowest BCUT2D eigenvalue weighted by Crippen LogP contribution is -2.56. The Bertz CT molecular complexity index is 3060. The Balaban J connectivity index is 0.997. The lowest BCUT2D eigenvalue weighted by molar-refractivity contribution is -0.146. The van der Waals surface area contributed by atoms with E-state index in [1.54, 1.807) is 49.1 Å². The number of nitrogens with one attached hydrogen (secondary N) is 2. The van der Waals surface area contributed by atoms with Crippen LogP contribution in [0.4, 0.5) is 0 Å². The van der Waals surface area contributed by atoms with E-state index in [0.29, 0.717) is 56.3 Å². The normalized spacial score (nSPS) is 12.7. The quantitative estimate of drug-likeness (QED) is 0.0384. The van der Waals surface area contributed by atoms with Gasteiger partial charge in [0.2, 0.25) is 0 Å². The molecule has 3 heterocycles. The molecule has 7 aromatic rings. The molecule has 8 rings (SSSR count). The van der Waals surface area contributed by atoms with Crippen LogP contribution in [0.5, 0.6) is 23.0 Å². The van der Waals surface area contributed by atoms with Crippen LogP contribution in [0.1, 0.15) is 61.2 Å². The minimum Gasteiger partial charge on any atom is -0.488 e. The summed E-state index contributed by atoms with van der Waals surface area (Å²) in [6.07, 6.45) is 8.00. The predicted molar refractivity (Wildman–Crippen MR) is 270 cm³/mol. The maximum Gasteiger partial charge on any atom is 0.326 e. The van der Waals surface area contributed by atoms with Crippen LogP contribution in [0, 0.1) is 19.3 Å². The van der Waals surface area contributed by atoms with Gasteiger partial charge in [0.1, 0.15) is 55.0 Å². The number of carbonyl (C=O) groups is 1. The molecule has 70 heavy (non-hydrogen) atoms. The third kappa shape index (κ3) is 11.8. The molecule has 0 amide bonds. The maximum absolute atomic E-state index is 12.7. The Labute approximate surface area is 415 Å². The van der Waals surface area contributed by atoms with Gasteiger partial charge in [0.25, 0.3) is 0 Å². The third-order valence-electron chi connectivity index (χ3n) is 12.2. The molecule has 0 radical (unpaired) electrons. The van der Waals surface area contributed by atoms with Crippen LogP contribution in [0.15, 0.2) is 133 Å². The summed E-state index contributed by atoms with van der Waals surface area (Å²) in [5, 5.41) is 42.2. The summed E-state index contributed by atoms with van der Waals surface area (Å²) >= 11 is 13.6. The number of hydrogen-bond donors (Lipinski definition) is 5. The van der Waals surface area contributed by atoms with Crippen molar-refractivity contribution in [1.82, 2.24) is 15.3 Å². The monoisotopic (exact) mass is 979 g/mol. The zero-order valence-electron chi connectivity index (χ0n) is 38.5. The van der Waals surface area contributed by atoms with E-state index in [1.807, 2.05) is 80.6 Å². The van der Waals surface area contributed by atoms with Crippen LogP contribution < -0.4 is 24.3 Å². The summed E-state index contributed by atoms with van der Waals surface area (Å²) in [5.41, 5.74) is 10.2. The van der Waals surface area contributed by atoms with Crippen LogP contribution in [0.2, 0.25) is 10.0 Å². The SMILES string of the molecule is Cc1c(COc2cc(OCc3cncc(C=N)c3)c(CO)cc2Cl)cccc1-c1cccc(COc2cc(OCc3cncc(C4=NC4)c3)c(CNC(CO)(Cc3ccccc3)C(=O)O)cc2Cl)c1C. The Morgan fingerprint density at radius 1 is 0.671 bits per heavy atom. The number of hydrogen-bond acceptors (Lipinski definition) is 12. The number of rotatable bonds is 23. The first-order chi connectivity index (χ1) is 34.0. The summed E-state index contributed by atoms with van der Waals surface area (Å²) < 4.78 is 25.2. The molecule has 1 atom stereocenters. The molecule has 0 saturated heterocycles. The lowest BCUT2D eigenvalue weighted by atomic mass is 9.91. The van der Waals surface area contributed by atoms with Crippen LogP contribution in [-0.4, -0.2) is 61.9 Å². The van der Waals surface area contributed by atoms with Gasteiger partial charge in [-0.05, 0) is 77.1 Å². The second-order valence-electron chi connectivity index (χ2n) is 16.9. The molecular weight excluding hydrogens is 930 g/mol. The van der Waals surface area contributed by atoms with Crippen molar-refractivity contribution in [3.05, 3.63) is 199 Å². The van der Waals surface area contributed by atoms with Crippen molar-refractivity contribution in [2.75, 3.05) is 13.2 Å². The molecule has 0 saturated carbocycles. The Hall–Kier alpha value is -7.13. The van der Waals surface area contributed by atoms with E-state index in [-0.39, 0.29) is 46.0 Å². The molecule has 1 unspecified atom stereocenters. The Morgan fingerprint density at radius 2 is 1.23 bits per heavy atom. The molecule has 2 aromatic heterocycles. The van der Waals surface area contributed by atoms with Crippen molar-refractivity contribution in [1.29, 1.82) is 5.41 Å². The van der Waals surface area contributed by atoms with Gasteiger partial charge in [-0.2, -0.15) is 0 Å². The molecule has 13 nitrogen and oxygen atoms in total. The Kier molecular flexibility index (Phi) is 15.9. The number of aliphatic hydroxyl groups excluding tert-OH is 2. The average molecular weight is 981 g/mol. The van der Waals surface area contributed by atoms with Gasteiger partial charge in [-0.1, -0.05) is 89.9 Å². The zero-order chi connectivity index (χ0) is 49.2. The molecule has 0 spiro atoms. The summed E-state index contributed by atoms with van der Waals surface area (Å²) in [4.78, 5) is 25.6. The fraction of sp³-hybridized carbons (Fsp3) is 0.218. The summed E-state index contributed by atoms with van der Waals surface area (Å²) in [5.74, 6) is 0.398. The highest BCUT2D eigenvalue weighted by Crippen LogP contribution is 2.38. The number of carboxylic acid groups (broad SMARTS) is 1. The molecule has 0 aliphatic carbocycles. The molecule has 0 bridgehead atoms. The fourth-order valence-corrected chi connectivity index (χ4v) is 8.50. The largest absolute Gasteiger partial charge is 0.488 e. The summed E-state index contributed by atoms with van der Waals surface area (Å²) in [6.45, 7) is 4.55. The number of carboxylic acids is 1. The van der Waals surface area contributed by atoms with Crippen molar-refractivity contribution in [2.45, 2.75) is 65.4 Å². The van der Waals surface area contributed by atoms with Gasteiger partial charge in [-0.15, -0.1) is 0 Å². The van der Waals surface area contributed by atoms with Gasteiger partial charge in [0.15, 0.2) is 0 Å². The average Bonchev–Trinajstić information content (AvgIpc) is 4.24. The number of ether oxygens (including phenoxy) is 4. The number of nitrogens with zero attached hydrogens (tertiary/aromatic N) is 3. The van der Waals surface area contributed by atoms with E-state index in [0.717, 1.165) is 61.3 Å². The van der Waals surface area contributed by atoms with Crippen LogP contribution in [-0.2, 0) is 50.8 Å². The highest BCUT2D eigenvalue weighted by Gasteiger charge is 2.38. The standard InChI is InChI=1S/C55H51Cl2N5O8/c1-34-40(10-6-12-45(34)46-13-7-11-41(35(46)2)32-70-53-19-51(44(28-63)17-48(53)57)68-29-38-14-37(21-58)22-59-23-38)31-69-52-18-50(67-30-39-15-42(25-60-24-39)49-27-61-49)43(16-47(52)56)26-62-55(33-64,54(65)66)20-36-8-4-3-5-9-36/h3-19,21-25,58,62-64H,20,26-33H2,1-2H3,(H,65,66). The number of aliphatic hydroxyl groups is 2. The second-order valence-corrected chi connectivity index (χ2v) is 17.8. The van der Waals surface area contributed by atoms with Crippen molar-refractivity contribution in [2.24, 2.45) is 4.99 Å². The first-order valence-corrected chi connectivity index (χ1v) is 23.2. The van der Waals surface area contributed by atoms with Gasteiger partial charge >= 0.3 is 5.97 Å². The zero-order valence-corrected chi connectivity index (χ0v) is 40.1. The van der Waals surface area contributed by atoms with Gasteiger partial charge in [-0.3, -0.25) is 25.1 Å². The third-order valence-corrected chi connectivity index (χ3v) is 12.8. The predicted octanol–water partition coefficient (Wildman–Crippen LogP) is 9.82. The number of halogens is 2. The lowest BCUT2D eigenvalue weighted by Gasteiger charge is -2.29.